The Morgan fingerprint density at radius 1 is 1.28 bits per heavy atom. The number of aromatic nitrogens is 1. The maximum atomic E-state index is 12.1. The minimum Gasteiger partial charge on any atom is -0.347 e. The van der Waals surface area contributed by atoms with Gasteiger partial charge in [0, 0.05) is 6.04 Å². The molecule has 0 atom stereocenters. The van der Waals surface area contributed by atoms with Gasteiger partial charge in [-0.2, -0.15) is 0 Å². The number of hydrogen-bond acceptors (Lipinski definition) is 4. The minimum atomic E-state index is -0.0871. The molecule has 5 heteroatoms. The molecule has 0 radical (unpaired) electrons. The van der Waals surface area contributed by atoms with Crippen molar-refractivity contribution in [2.45, 2.75) is 31.7 Å². The first-order valence-corrected chi connectivity index (χ1v) is 6.52. The zero-order valence-corrected chi connectivity index (χ0v) is 10.2. The van der Waals surface area contributed by atoms with E-state index in [0.29, 0.717) is 29.4 Å². The van der Waals surface area contributed by atoms with Gasteiger partial charge in [-0.15, -0.1) is 0 Å². The maximum Gasteiger partial charge on any atom is 0.270 e. The number of nitrogen functional groups attached to an aromatic ring is 1. The van der Waals surface area contributed by atoms with Gasteiger partial charge >= 0.3 is 0 Å². The number of carbonyl (C=O) groups excluding carboxylic acids is 1. The summed E-state index contributed by atoms with van der Waals surface area (Å²) in [4.78, 5) is 16.3. The lowest BCUT2D eigenvalue weighted by molar-refractivity contribution is 0.0921. The summed E-state index contributed by atoms with van der Waals surface area (Å²) in [5.74, 6) is 7.10. The molecule has 1 aromatic rings. The smallest absolute Gasteiger partial charge is 0.270 e. The molecule has 5 nitrogen and oxygen atoms in total. The van der Waals surface area contributed by atoms with Crippen molar-refractivity contribution in [2.75, 3.05) is 5.43 Å². The standard InChI is InChI=1S/C13H18N4O/c14-17-11-3-1-2-10(15-11)13(18)16-12(8-4-5-8)9-6-7-9/h1-3,8-9,12H,4-7,14H2,(H,15,17)(H,16,18). The number of carbonyl (C=O) groups is 1. The van der Waals surface area contributed by atoms with Crippen molar-refractivity contribution in [3.05, 3.63) is 23.9 Å². The van der Waals surface area contributed by atoms with E-state index in [1.54, 1.807) is 18.2 Å². The molecular formula is C13H18N4O. The quantitative estimate of drug-likeness (QED) is 0.540. The number of nitrogens with zero attached hydrogens (tertiary/aromatic N) is 1. The average molecular weight is 246 g/mol. The largest absolute Gasteiger partial charge is 0.347 e. The van der Waals surface area contributed by atoms with Crippen molar-refractivity contribution < 1.29 is 4.79 Å². The van der Waals surface area contributed by atoms with Crippen LogP contribution in [-0.2, 0) is 0 Å². The van der Waals surface area contributed by atoms with E-state index < -0.39 is 0 Å². The summed E-state index contributed by atoms with van der Waals surface area (Å²) in [6.45, 7) is 0. The van der Waals surface area contributed by atoms with Crippen LogP contribution in [0.3, 0.4) is 0 Å². The minimum absolute atomic E-state index is 0.0871. The molecule has 0 unspecified atom stereocenters. The van der Waals surface area contributed by atoms with Gasteiger partial charge in [0.2, 0.25) is 0 Å². The summed E-state index contributed by atoms with van der Waals surface area (Å²) in [7, 11) is 0. The van der Waals surface area contributed by atoms with Crippen LogP contribution in [0.2, 0.25) is 0 Å². The van der Waals surface area contributed by atoms with Crippen LogP contribution in [0.4, 0.5) is 5.82 Å². The molecule has 1 aromatic heterocycles. The monoisotopic (exact) mass is 246 g/mol. The highest BCUT2D eigenvalue weighted by Gasteiger charge is 2.42. The highest BCUT2D eigenvalue weighted by Crippen LogP contribution is 2.44. The fourth-order valence-electron chi connectivity index (χ4n) is 2.40. The first-order valence-electron chi connectivity index (χ1n) is 6.52. The summed E-state index contributed by atoms with van der Waals surface area (Å²) in [6, 6.07) is 5.58. The van der Waals surface area contributed by atoms with Crippen molar-refractivity contribution in [2.24, 2.45) is 17.7 Å². The van der Waals surface area contributed by atoms with Crippen LogP contribution >= 0.6 is 0 Å². The van der Waals surface area contributed by atoms with E-state index in [-0.39, 0.29) is 5.91 Å². The molecule has 0 saturated heterocycles. The SMILES string of the molecule is NNc1cccc(C(=O)NC(C2CC2)C2CC2)n1. The molecular weight excluding hydrogens is 228 g/mol. The van der Waals surface area contributed by atoms with Crippen LogP contribution in [0.5, 0.6) is 0 Å². The summed E-state index contributed by atoms with van der Waals surface area (Å²) in [6.07, 6.45) is 5.00. The molecule has 2 fully saturated rings. The lowest BCUT2D eigenvalue weighted by Gasteiger charge is -2.17. The van der Waals surface area contributed by atoms with E-state index in [4.69, 9.17) is 5.84 Å². The Hall–Kier alpha value is -1.62. The molecule has 0 bridgehead atoms. The van der Waals surface area contributed by atoms with Crippen molar-refractivity contribution in [1.29, 1.82) is 0 Å². The molecule has 1 heterocycles. The van der Waals surface area contributed by atoms with Crippen molar-refractivity contribution in [3.8, 4) is 0 Å². The third kappa shape index (κ3) is 2.46. The van der Waals surface area contributed by atoms with Gasteiger partial charge in [-0.1, -0.05) is 6.07 Å². The fourth-order valence-corrected chi connectivity index (χ4v) is 2.40. The van der Waals surface area contributed by atoms with Crippen LogP contribution in [0.25, 0.3) is 0 Å². The lowest BCUT2D eigenvalue weighted by atomic mass is 10.1. The predicted molar refractivity (Wildman–Crippen MR) is 68.7 cm³/mol. The van der Waals surface area contributed by atoms with Gasteiger partial charge in [0.15, 0.2) is 0 Å². The summed E-state index contributed by atoms with van der Waals surface area (Å²) >= 11 is 0. The lowest BCUT2D eigenvalue weighted by Crippen LogP contribution is -2.38. The first kappa shape index (κ1) is 11.5. The Balaban J connectivity index is 1.69. The molecule has 96 valence electrons. The van der Waals surface area contributed by atoms with Gasteiger partial charge in [-0.25, -0.2) is 10.8 Å². The molecule has 2 aliphatic rings. The van der Waals surface area contributed by atoms with Crippen LogP contribution in [0.15, 0.2) is 18.2 Å². The van der Waals surface area contributed by atoms with Gasteiger partial charge in [0.05, 0.1) is 0 Å². The second-order valence-electron chi connectivity index (χ2n) is 5.23. The van der Waals surface area contributed by atoms with Gasteiger partial charge in [0.25, 0.3) is 5.91 Å². The number of amides is 1. The number of nitrogens with one attached hydrogen (secondary N) is 2. The summed E-state index contributed by atoms with van der Waals surface area (Å²) < 4.78 is 0. The van der Waals surface area contributed by atoms with E-state index in [1.807, 2.05) is 0 Å². The van der Waals surface area contributed by atoms with Gasteiger partial charge in [0.1, 0.15) is 11.5 Å². The topological polar surface area (TPSA) is 80.0 Å². The highest BCUT2D eigenvalue weighted by atomic mass is 16.2. The molecule has 1 amide bonds. The van der Waals surface area contributed by atoms with Crippen LogP contribution in [0, 0.1) is 11.8 Å². The van der Waals surface area contributed by atoms with Gasteiger partial charge in [-0.3, -0.25) is 4.79 Å². The Bertz CT molecular complexity index is 442. The molecule has 2 saturated carbocycles. The second-order valence-corrected chi connectivity index (χ2v) is 5.23. The fraction of sp³-hybridized carbons (Fsp3) is 0.538. The van der Waals surface area contributed by atoms with E-state index in [9.17, 15) is 4.79 Å². The van der Waals surface area contributed by atoms with Gasteiger partial charge in [-0.05, 0) is 49.7 Å². The highest BCUT2D eigenvalue weighted by molar-refractivity contribution is 5.92. The Morgan fingerprint density at radius 3 is 2.50 bits per heavy atom. The van der Waals surface area contributed by atoms with E-state index in [0.717, 1.165) is 0 Å². The van der Waals surface area contributed by atoms with Crippen molar-refractivity contribution >= 4 is 11.7 Å². The molecule has 18 heavy (non-hydrogen) atoms. The zero-order valence-electron chi connectivity index (χ0n) is 10.2. The third-order valence-corrected chi connectivity index (χ3v) is 3.69. The number of anilines is 1. The molecule has 0 aliphatic heterocycles. The summed E-state index contributed by atoms with van der Waals surface area (Å²) in [5, 5.41) is 3.14. The number of nitrogens with two attached hydrogens (primary N) is 1. The van der Waals surface area contributed by atoms with Crippen molar-refractivity contribution in [1.82, 2.24) is 10.3 Å². The number of rotatable bonds is 5. The maximum absolute atomic E-state index is 12.1. The number of hydrazine groups is 1. The van der Waals surface area contributed by atoms with E-state index in [1.165, 1.54) is 25.7 Å². The third-order valence-electron chi connectivity index (χ3n) is 3.69. The van der Waals surface area contributed by atoms with Crippen LogP contribution < -0.4 is 16.6 Å². The van der Waals surface area contributed by atoms with E-state index >= 15 is 0 Å². The Morgan fingerprint density at radius 2 is 1.94 bits per heavy atom. The average Bonchev–Trinajstić information content (AvgIpc) is 3.29. The Labute approximate surface area is 106 Å². The Kier molecular flexibility index (Phi) is 2.91. The number of hydrogen-bond donors (Lipinski definition) is 3. The van der Waals surface area contributed by atoms with Gasteiger partial charge < -0.3 is 10.7 Å². The molecule has 2 aliphatic carbocycles. The zero-order chi connectivity index (χ0) is 12.5. The predicted octanol–water partition coefficient (Wildman–Crippen LogP) is 1.29. The molecule has 3 rings (SSSR count). The number of pyridine rings is 1. The molecule has 0 aromatic carbocycles. The van der Waals surface area contributed by atoms with Crippen LogP contribution in [0.1, 0.15) is 36.2 Å². The first-order chi connectivity index (χ1) is 8.78. The normalized spacial score (nSPS) is 18.8. The summed E-state index contributed by atoms with van der Waals surface area (Å²) in [5.41, 5.74) is 2.88. The van der Waals surface area contributed by atoms with E-state index in [2.05, 4.69) is 15.7 Å². The molecule has 4 N–H and O–H groups in total. The van der Waals surface area contributed by atoms with Crippen LogP contribution in [-0.4, -0.2) is 16.9 Å². The molecule has 0 spiro atoms. The van der Waals surface area contributed by atoms with Crippen molar-refractivity contribution in [3.63, 3.8) is 0 Å². The second kappa shape index (κ2) is 4.57.